The third-order valence-electron chi connectivity index (χ3n) is 2.91. The van der Waals surface area contributed by atoms with Crippen molar-refractivity contribution >= 4 is 17.3 Å². The van der Waals surface area contributed by atoms with Gasteiger partial charge in [-0.2, -0.15) is 0 Å². The van der Waals surface area contributed by atoms with E-state index >= 15 is 0 Å². The van der Waals surface area contributed by atoms with Gasteiger partial charge in [-0.3, -0.25) is 0 Å². The SMILES string of the molecule is CN1CCC(Oc2cc(N)ccc2Cl)CC1. The molecule has 0 aromatic heterocycles. The van der Waals surface area contributed by atoms with Crippen molar-refractivity contribution in [1.29, 1.82) is 0 Å². The van der Waals surface area contributed by atoms with Crippen LogP contribution in [0.5, 0.6) is 5.75 Å². The summed E-state index contributed by atoms with van der Waals surface area (Å²) in [5.74, 6) is 0.705. The van der Waals surface area contributed by atoms with E-state index in [9.17, 15) is 0 Å². The highest BCUT2D eigenvalue weighted by molar-refractivity contribution is 6.32. The van der Waals surface area contributed by atoms with Gasteiger partial charge >= 0.3 is 0 Å². The maximum Gasteiger partial charge on any atom is 0.140 e. The van der Waals surface area contributed by atoms with Gasteiger partial charge in [0.2, 0.25) is 0 Å². The van der Waals surface area contributed by atoms with Crippen molar-refractivity contribution in [2.45, 2.75) is 18.9 Å². The number of benzene rings is 1. The molecule has 0 radical (unpaired) electrons. The van der Waals surface area contributed by atoms with Crippen molar-refractivity contribution in [3.8, 4) is 5.75 Å². The van der Waals surface area contributed by atoms with E-state index in [0.717, 1.165) is 25.9 Å². The summed E-state index contributed by atoms with van der Waals surface area (Å²) in [4.78, 5) is 2.31. The van der Waals surface area contributed by atoms with E-state index in [1.54, 1.807) is 18.2 Å². The van der Waals surface area contributed by atoms with Gasteiger partial charge in [0.05, 0.1) is 5.02 Å². The Morgan fingerprint density at radius 1 is 1.38 bits per heavy atom. The molecule has 0 unspecified atom stereocenters. The first kappa shape index (κ1) is 11.6. The Morgan fingerprint density at radius 3 is 2.75 bits per heavy atom. The van der Waals surface area contributed by atoms with Crippen molar-refractivity contribution in [2.75, 3.05) is 25.9 Å². The number of nitrogens with two attached hydrogens (primary N) is 1. The molecule has 16 heavy (non-hydrogen) atoms. The van der Waals surface area contributed by atoms with Crippen molar-refractivity contribution in [2.24, 2.45) is 0 Å². The minimum atomic E-state index is 0.260. The average molecular weight is 241 g/mol. The zero-order valence-electron chi connectivity index (χ0n) is 9.45. The highest BCUT2D eigenvalue weighted by Crippen LogP contribution is 2.29. The van der Waals surface area contributed by atoms with E-state index in [1.807, 2.05) is 0 Å². The van der Waals surface area contributed by atoms with Gasteiger partial charge in [0, 0.05) is 24.8 Å². The monoisotopic (exact) mass is 240 g/mol. The van der Waals surface area contributed by atoms with Crippen LogP contribution in [0, 0.1) is 0 Å². The second-order valence-electron chi connectivity index (χ2n) is 4.31. The summed E-state index contributed by atoms with van der Waals surface area (Å²) in [7, 11) is 2.13. The van der Waals surface area contributed by atoms with E-state index in [-0.39, 0.29) is 6.10 Å². The fourth-order valence-corrected chi connectivity index (χ4v) is 2.05. The van der Waals surface area contributed by atoms with Gasteiger partial charge in [-0.05, 0) is 32.0 Å². The van der Waals surface area contributed by atoms with Gasteiger partial charge in [-0.15, -0.1) is 0 Å². The minimum absolute atomic E-state index is 0.260. The number of rotatable bonds is 2. The van der Waals surface area contributed by atoms with Crippen LogP contribution in [-0.2, 0) is 0 Å². The lowest BCUT2D eigenvalue weighted by atomic mass is 10.1. The molecule has 1 aromatic carbocycles. The number of nitrogen functional groups attached to an aromatic ring is 1. The lowest BCUT2D eigenvalue weighted by Crippen LogP contribution is -2.35. The van der Waals surface area contributed by atoms with E-state index in [0.29, 0.717) is 16.5 Å². The van der Waals surface area contributed by atoms with Gasteiger partial charge < -0.3 is 15.4 Å². The van der Waals surface area contributed by atoms with E-state index in [2.05, 4.69) is 11.9 Å². The third-order valence-corrected chi connectivity index (χ3v) is 3.23. The van der Waals surface area contributed by atoms with Crippen molar-refractivity contribution in [3.63, 3.8) is 0 Å². The summed E-state index contributed by atoms with van der Waals surface area (Å²) in [6, 6.07) is 5.35. The molecular weight excluding hydrogens is 224 g/mol. The molecule has 0 saturated carbocycles. The molecule has 0 amide bonds. The normalized spacial score (nSPS) is 18.6. The summed E-state index contributed by atoms with van der Waals surface area (Å²) < 4.78 is 5.88. The molecule has 1 aliphatic heterocycles. The minimum Gasteiger partial charge on any atom is -0.489 e. The number of piperidine rings is 1. The van der Waals surface area contributed by atoms with E-state index in [4.69, 9.17) is 22.1 Å². The number of hydrogen-bond donors (Lipinski definition) is 1. The predicted octanol–water partition coefficient (Wildman–Crippen LogP) is 2.40. The summed E-state index contributed by atoms with van der Waals surface area (Å²) in [6.45, 7) is 2.15. The van der Waals surface area contributed by atoms with Crippen LogP contribution in [0.25, 0.3) is 0 Å². The van der Waals surface area contributed by atoms with Crippen LogP contribution in [0.4, 0.5) is 5.69 Å². The van der Waals surface area contributed by atoms with Crippen LogP contribution >= 0.6 is 11.6 Å². The molecule has 4 heteroatoms. The fraction of sp³-hybridized carbons (Fsp3) is 0.500. The Kier molecular flexibility index (Phi) is 3.56. The van der Waals surface area contributed by atoms with Crippen molar-refractivity contribution in [3.05, 3.63) is 23.2 Å². The number of anilines is 1. The molecule has 2 N–H and O–H groups in total. The maximum atomic E-state index is 6.05. The zero-order chi connectivity index (χ0) is 11.5. The Labute approximate surface area is 101 Å². The molecule has 3 nitrogen and oxygen atoms in total. The molecule has 1 saturated heterocycles. The largest absolute Gasteiger partial charge is 0.489 e. The van der Waals surface area contributed by atoms with Crippen LogP contribution in [0.3, 0.4) is 0 Å². The predicted molar refractivity (Wildman–Crippen MR) is 67.0 cm³/mol. The van der Waals surface area contributed by atoms with E-state index < -0.39 is 0 Å². The molecule has 88 valence electrons. The zero-order valence-corrected chi connectivity index (χ0v) is 10.2. The molecular formula is C12H17ClN2O. The third kappa shape index (κ3) is 2.80. The molecule has 1 fully saturated rings. The van der Waals surface area contributed by atoms with Crippen LogP contribution < -0.4 is 10.5 Å². The highest BCUT2D eigenvalue weighted by atomic mass is 35.5. The Morgan fingerprint density at radius 2 is 2.06 bits per heavy atom. The first-order valence-corrected chi connectivity index (χ1v) is 5.93. The van der Waals surface area contributed by atoms with Crippen LogP contribution in [0.2, 0.25) is 5.02 Å². The number of likely N-dealkylation sites (tertiary alicyclic amines) is 1. The van der Waals surface area contributed by atoms with Crippen molar-refractivity contribution < 1.29 is 4.74 Å². The smallest absolute Gasteiger partial charge is 0.140 e. The topological polar surface area (TPSA) is 38.5 Å². The maximum absolute atomic E-state index is 6.05. The number of halogens is 1. The first-order chi connectivity index (χ1) is 7.65. The first-order valence-electron chi connectivity index (χ1n) is 5.55. The van der Waals surface area contributed by atoms with Gasteiger partial charge in [0.15, 0.2) is 0 Å². The van der Waals surface area contributed by atoms with Gasteiger partial charge in [0.1, 0.15) is 11.9 Å². The number of nitrogens with zero attached hydrogens (tertiary/aromatic N) is 1. The fourth-order valence-electron chi connectivity index (χ4n) is 1.89. The van der Waals surface area contributed by atoms with Crippen molar-refractivity contribution in [1.82, 2.24) is 4.90 Å². The van der Waals surface area contributed by atoms with Crippen LogP contribution in [-0.4, -0.2) is 31.1 Å². The Balaban J connectivity index is 2.00. The molecule has 2 rings (SSSR count). The number of ether oxygens (including phenoxy) is 1. The second-order valence-corrected chi connectivity index (χ2v) is 4.72. The molecule has 0 bridgehead atoms. The van der Waals surface area contributed by atoms with Gasteiger partial charge in [-0.25, -0.2) is 0 Å². The molecule has 1 aliphatic rings. The Hall–Kier alpha value is -0.930. The summed E-state index contributed by atoms with van der Waals surface area (Å²) in [5.41, 5.74) is 6.40. The highest BCUT2D eigenvalue weighted by Gasteiger charge is 2.18. The summed E-state index contributed by atoms with van der Waals surface area (Å²) in [6.07, 6.45) is 2.35. The second kappa shape index (κ2) is 4.93. The van der Waals surface area contributed by atoms with Crippen LogP contribution in [0.1, 0.15) is 12.8 Å². The molecule has 0 atom stereocenters. The van der Waals surface area contributed by atoms with E-state index in [1.165, 1.54) is 0 Å². The lowest BCUT2D eigenvalue weighted by molar-refractivity contribution is 0.114. The standard InChI is InChI=1S/C12H17ClN2O/c1-15-6-4-10(5-7-15)16-12-8-9(14)2-3-11(12)13/h2-3,8,10H,4-7,14H2,1H3. The molecule has 0 spiro atoms. The van der Waals surface area contributed by atoms with Crippen LogP contribution in [0.15, 0.2) is 18.2 Å². The number of hydrogen-bond acceptors (Lipinski definition) is 3. The van der Waals surface area contributed by atoms with Gasteiger partial charge in [0.25, 0.3) is 0 Å². The molecule has 0 aliphatic carbocycles. The lowest BCUT2D eigenvalue weighted by Gasteiger charge is -2.29. The van der Waals surface area contributed by atoms with Gasteiger partial charge in [-0.1, -0.05) is 11.6 Å². The Bertz CT molecular complexity index is 362. The molecule has 1 heterocycles. The summed E-state index contributed by atoms with van der Waals surface area (Å²) >= 11 is 6.05. The quantitative estimate of drug-likeness (QED) is 0.807. The molecule has 1 aromatic rings. The summed E-state index contributed by atoms with van der Waals surface area (Å²) in [5, 5.41) is 0.633. The average Bonchev–Trinajstić information content (AvgIpc) is 2.27.